The van der Waals surface area contributed by atoms with Crippen molar-refractivity contribution in [1.29, 1.82) is 0 Å². The van der Waals surface area contributed by atoms with Crippen molar-refractivity contribution in [3.05, 3.63) is 0 Å². The van der Waals surface area contributed by atoms with Gasteiger partial charge in [-0.15, -0.1) is 0 Å². The van der Waals surface area contributed by atoms with Gasteiger partial charge < -0.3 is 56.8 Å². The van der Waals surface area contributed by atoms with Gasteiger partial charge in [0.05, 0.1) is 0 Å². The molecule has 0 spiro atoms. The summed E-state index contributed by atoms with van der Waals surface area (Å²) >= 11 is 0. The highest BCUT2D eigenvalue weighted by atomic mass is 16.9. The molecule has 0 bridgehead atoms. The van der Waals surface area contributed by atoms with Gasteiger partial charge in [0.25, 0.3) is 23.1 Å². The van der Waals surface area contributed by atoms with Crippen LogP contribution >= 0.6 is 0 Å². The van der Waals surface area contributed by atoms with Crippen molar-refractivity contribution in [2.45, 2.75) is 209 Å². The van der Waals surface area contributed by atoms with Gasteiger partial charge in [0, 0.05) is 85.7 Å². The van der Waals surface area contributed by atoms with Crippen molar-refractivity contribution in [2.75, 3.05) is 79.3 Å². The molecule has 0 rings (SSSR count). The highest BCUT2D eigenvalue weighted by Gasteiger charge is 2.85. The van der Waals surface area contributed by atoms with Gasteiger partial charge in [0.2, 0.25) is 12.1 Å². The smallest absolute Gasteiger partial charge is 0.291 e. The van der Waals surface area contributed by atoms with Gasteiger partial charge in [-0.1, -0.05) is 78.6 Å². The molecule has 0 saturated heterocycles. The zero-order chi connectivity index (χ0) is 42.2. The van der Waals surface area contributed by atoms with Crippen molar-refractivity contribution in [3.63, 3.8) is 0 Å². The Morgan fingerprint density at radius 2 is 0.643 bits per heavy atom. The average Bonchev–Trinajstić information content (AvgIpc) is 3.18. The van der Waals surface area contributed by atoms with E-state index in [1.165, 1.54) is 44.9 Å². The van der Waals surface area contributed by atoms with E-state index in [4.69, 9.17) is 56.8 Å². The molecule has 0 fully saturated rings. The van der Waals surface area contributed by atoms with Gasteiger partial charge in [-0.2, -0.15) is 0 Å². The van der Waals surface area contributed by atoms with Crippen LogP contribution in [0.4, 0.5) is 0 Å². The van der Waals surface area contributed by atoms with Crippen LogP contribution in [0, 0.1) is 0 Å². The van der Waals surface area contributed by atoms with E-state index in [2.05, 4.69) is 20.8 Å². The molecule has 12 nitrogen and oxygen atoms in total. The summed E-state index contributed by atoms with van der Waals surface area (Å²) in [7, 11) is 0. The zero-order valence-electron chi connectivity index (χ0n) is 38.7. The number of ether oxygens (including phenoxy) is 12. The van der Waals surface area contributed by atoms with E-state index in [1.807, 2.05) is 69.2 Å². The van der Waals surface area contributed by atoms with Crippen LogP contribution in [0.5, 0.6) is 0 Å². The van der Waals surface area contributed by atoms with E-state index in [9.17, 15) is 0 Å². The Balaban J connectivity index is 8.52. The van der Waals surface area contributed by atoms with Crippen molar-refractivity contribution in [1.82, 2.24) is 0 Å². The maximum Gasteiger partial charge on any atom is 0.291 e. The monoisotopic (exact) mass is 811 g/mol. The molecule has 0 aliphatic heterocycles. The lowest BCUT2D eigenvalue weighted by Crippen LogP contribution is -2.87. The first-order chi connectivity index (χ1) is 27.2. The molecule has 338 valence electrons. The Morgan fingerprint density at radius 3 is 0.982 bits per heavy atom. The summed E-state index contributed by atoms with van der Waals surface area (Å²) in [5.41, 5.74) is 0. The predicted octanol–water partition coefficient (Wildman–Crippen LogP) is 10.3. The van der Waals surface area contributed by atoms with Gasteiger partial charge >= 0.3 is 0 Å². The van der Waals surface area contributed by atoms with Gasteiger partial charge in [-0.25, -0.2) is 0 Å². The van der Waals surface area contributed by atoms with Gasteiger partial charge in [0.1, 0.15) is 0 Å². The highest BCUT2D eigenvalue weighted by Crippen LogP contribution is 2.58. The quantitative estimate of drug-likeness (QED) is 0.0432. The van der Waals surface area contributed by atoms with E-state index in [0.717, 1.165) is 19.3 Å². The normalized spacial score (nSPS) is 13.4. The Kier molecular flexibility index (Phi) is 32.0. The van der Waals surface area contributed by atoms with E-state index in [-0.39, 0.29) is 66.1 Å². The second kappa shape index (κ2) is 32.3. The largest absolute Gasteiger partial charge is 0.348 e. The maximum atomic E-state index is 7.13. The molecule has 0 aromatic heterocycles. The van der Waals surface area contributed by atoms with E-state index < -0.39 is 35.2 Å². The molecule has 0 radical (unpaired) electrons. The molecule has 0 N–H and O–H groups in total. The molecule has 12 heteroatoms. The van der Waals surface area contributed by atoms with Crippen molar-refractivity contribution < 1.29 is 56.8 Å². The summed E-state index contributed by atoms with van der Waals surface area (Å²) < 4.78 is 83.2. The van der Waals surface area contributed by atoms with Gasteiger partial charge in [-0.05, 0) is 88.5 Å². The second-order valence-corrected chi connectivity index (χ2v) is 13.6. The Morgan fingerprint density at radius 1 is 0.304 bits per heavy atom. The van der Waals surface area contributed by atoms with Crippen LogP contribution in [0.1, 0.15) is 173 Å². The van der Waals surface area contributed by atoms with Crippen LogP contribution in [0.15, 0.2) is 0 Å². The fraction of sp³-hybridized carbons (Fsp3) is 1.00. The molecule has 0 aliphatic rings. The standard InChI is InChI=1S/C44H90O12/c1-14-27-28-29-30-31-32-33-34-35-36-40(55-37-15-2,56-38-16-3)42(49-21-8,50-22-9)44(53-25-12,54-26-13)43(51-23-10,52-24-11)41(47-19-6,48-20-7)39(45-17-4)46-18-5/h39H,14-38H2,1-13H3. The van der Waals surface area contributed by atoms with Crippen LogP contribution < -0.4 is 0 Å². The van der Waals surface area contributed by atoms with Gasteiger partial charge in [0.15, 0.2) is 0 Å². The third kappa shape index (κ3) is 14.0. The highest BCUT2D eigenvalue weighted by molar-refractivity contribution is 5.15. The molecular weight excluding hydrogens is 720 g/mol. The number of hydrogen-bond acceptors (Lipinski definition) is 12. The molecule has 56 heavy (non-hydrogen) atoms. The first kappa shape index (κ1) is 55.5. The summed E-state index contributed by atoms with van der Waals surface area (Å²) in [6.07, 6.45) is 12.3. The van der Waals surface area contributed by atoms with Crippen LogP contribution in [-0.2, 0) is 56.8 Å². The lowest BCUT2D eigenvalue weighted by molar-refractivity contribution is -0.587. The summed E-state index contributed by atoms with van der Waals surface area (Å²) in [6, 6.07) is 0. The zero-order valence-corrected chi connectivity index (χ0v) is 38.7. The lowest BCUT2D eigenvalue weighted by atomic mass is 9.80. The Labute approximate surface area is 344 Å². The van der Waals surface area contributed by atoms with Crippen molar-refractivity contribution >= 4 is 0 Å². The molecule has 0 amide bonds. The first-order valence-electron chi connectivity index (χ1n) is 22.8. The van der Waals surface area contributed by atoms with E-state index in [1.54, 1.807) is 0 Å². The minimum Gasteiger partial charge on any atom is -0.348 e. The van der Waals surface area contributed by atoms with Crippen molar-refractivity contribution in [3.8, 4) is 0 Å². The van der Waals surface area contributed by atoms with Crippen molar-refractivity contribution in [2.24, 2.45) is 0 Å². The average molecular weight is 811 g/mol. The van der Waals surface area contributed by atoms with Crippen LogP contribution in [0.25, 0.3) is 0 Å². The van der Waals surface area contributed by atoms with E-state index in [0.29, 0.717) is 32.5 Å². The predicted molar refractivity (Wildman–Crippen MR) is 223 cm³/mol. The number of hydrogen-bond donors (Lipinski definition) is 0. The topological polar surface area (TPSA) is 111 Å². The number of rotatable bonds is 42. The Bertz CT molecular complexity index is 852. The van der Waals surface area contributed by atoms with E-state index >= 15 is 0 Å². The fourth-order valence-electron chi connectivity index (χ4n) is 7.66. The van der Waals surface area contributed by atoms with Crippen LogP contribution in [0.3, 0.4) is 0 Å². The molecule has 0 saturated carbocycles. The van der Waals surface area contributed by atoms with Gasteiger partial charge in [-0.3, -0.25) is 0 Å². The molecular formula is C44H90O12. The molecule has 0 aromatic carbocycles. The Hall–Kier alpha value is -0.480. The lowest BCUT2D eigenvalue weighted by Gasteiger charge is -2.63. The third-order valence-electron chi connectivity index (χ3n) is 9.51. The summed E-state index contributed by atoms with van der Waals surface area (Å²) in [5.74, 6) is -9.97. The second-order valence-electron chi connectivity index (χ2n) is 13.6. The van der Waals surface area contributed by atoms with Crippen LogP contribution in [-0.4, -0.2) is 115 Å². The summed E-state index contributed by atoms with van der Waals surface area (Å²) in [5, 5.41) is 0. The minimum atomic E-state index is -2.18. The fourth-order valence-corrected chi connectivity index (χ4v) is 7.66. The summed E-state index contributed by atoms with van der Waals surface area (Å²) in [6.45, 7) is 27.6. The number of unbranched alkanes of at least 4 members (excludes halogenated alkanes) is 9. The molecule has 0 unspecified atom stereocenters. The first-order valence-corrected chi connectivity index (χ1v) is 22.8. The maximum absolute atomic E-state index is 7.13. The molecule has 0 aliphatic carbocycles. The third-order valence-corrected chi connectivity index (χ3v) is 9.51. The SMILES string of the molecule is CCCCCCCCCCCCC(OCCC)(OCCC)C(OCC)(OCC)C(OCC)(OCC)C(OCC)(OCC)C(OCC)(OCC)C(OCC)OCC. The summed E-state index contributed by atoms with van der Waals surface area (Å²) in [4.78, 5) is 0. The van der Waals surface area contributed by atoms with Crippen LogP contribution in [0.2, 0.25) is 0 Å². The molecule has 0 atom stereocenters. The molecule has 0 heterocycles. The minimum absolute atomic E-state index is 0.111. The molecule has 0 aromatic rings.